The second-order valence-corrected chi connectivity index (χ2v) is 7.58. The average Bonchev–Trinajstić information content (AvgIpc) is 3.05. The molecule has 0 spiro atoms. The normalized spacial score (nSPS) is 15.4. The van der Waals surface area contributed by atoms with Crippen molar-refractivity contribution in [1.29, 1.82) is 0 Å². The molecule has 1 aromatic rings. The Kier molecular flexibility index (Phi) is 8.06. The third-order valence-corrected chi connectivity index (χ3v) is 5.27. The topological polar surface area (TPSA) is 73.0 Å². The summed E-state index contributed by atoms with van der Waals surface area (Å²) in [5.41, 5.74) is 0. The summed E-state index contributed by atoms with van der Waals surface area (Å²) in [6, 6.07) is 3.63. The number of hydrogen-bond acceptors (Lipinski definition) is 5. The molecule has 0 aliphatic carbocycles. The second kappa shape index (κ2) is 10.3. The fourth-order valence-electron chi connectivity index (χ4n) is 2.81. The van der Waals surface area contributed by atoms with Gasteiger partial charge in [-0.1, -0.05) is 6.07 Å². The van der Waals surface area contributed by atoms with E-state index in [0.29, 0.717) is 37.4 Å². The van der Waals surface area contributed by atoms with Gasteiger partial charge in [0, 0.05) is 53.2 Å². The van der Waals surface area contributed by atoms with Crippen LogP contribution < -0.4 is 5.32 Å². The van der Waals surface area contributed by atoms with Gasteiger partial charge in [0.1, 0.15) is 0 Å². The molecule has 1 saturated heterocycles. The van der Waals surface area contributed by atoms with Gasteiger partial charge >= 0.3 is 0 Å². The third kappa shape index (κ3) is 6.42. The number of carbonyl (C=O) groups excluding carboxylic acids is 3. The van der Waals surface area contributed by atoms with E-state index in [1.807, 2.05) is 16.3 Å². The monoisotopic (exact) mass is 380 g/mol. The minimum Gasteiger partial charge on any atom is -0.351 e. The summed E-state index contributed by atoms with van der Waals surface area (Å²) in [5.74, 6) is 0.130. The first kappa shape index (κ1) is 20.4. The van der Waals surface area contributed by atoms with Gasteiger partial charge in [0.15, 0.2) is 0 Å². The van der Waals surface area contributed by atoms with Crippen LogP contribution in [0, 0.1) is 0 Å². The number of hydrogen-bond donors (Lipinski definition) is 1. The molecule has 2 rings (SSSR count). The van der Waals surface area contributed by atoms with E-state index >= 15 is 0 Å². The Morgan fingerprint density at radius 3 is 2.69 bits per heavy atom. The van der Waals surface area contributed by atoms with Crippen molar-refractivity contribution in [3.05, 3.63) is 22.4 Å². The maximum atomic E-state index is 12.4. The molecule has 0 saturated carbocycles. The Hall–Kier alpha value is -1.93. The van der Waals surface area contributed by atoms with Crippen LogP contribution in [0.1, 0.15) is 28.9 Å². The van der Waals surface area contributed by atoms with Crippen molar-refractivity contribution in [1.82, 2.24) is 20.0 Å². The van der Waals surface area contributed by atoms with Crippen LogP contribution in [0.2, 0.25) is 0 Å². The van der Waals surface area contributed by atoms with Gasteiger partial charge in [-0.3, -0.25) is 19.3 Å². The third-order valence-electron chi connectivity index (χ3n) is 4.40. The lowest BCUT2D eigenvalue weighted by Gasteiger charge is -2.22. The molecule has 3 amide bonds. The molecule has 1 fully saturated rings. The van der Waals surface area contributed by atoms with Gasteiger partial charge in [-0.15, -0.1) is 11.3 Å². The van der Waals surface area contributed by atoms with Crippen LogP contribution in [-0.2, 0) is 9.59 Å². The highest BCUT2D eigenvalue weighted by atomic mass is 32.1. The molecule has 0 radical (unpaired) electrons. The fraction of sp³-hybridized carbons (Fsp3) is 0.611. The number of likely N-dealkylation sites (N-methyl/N-ethyl adjacent to an activating group) is 1. The molecule has 144 valence electrons. The Balaban J connectivity index is 1.66. The number of nitrogens with one attached hydrogen (secondary N) is 1. The lowest BCUT2D eigenvalue weighted by molar-refractivity contribution is -0.131. The maximum Gasteiger partial charge on any atom is 0.261 e. The fourth-order valence-corrected chi connectivity index (χ4v) is 3.45. The predicted octanol–water partition coefficient (Wildman–Crippen LogP) is 0.881. The van der Waals surface area contributed by atoms with Crippen LogP contribution in [0.5, 0.6) is 0 Å². The summed E-state index contributed by atoms with van der Waals surface area (Å²) in [6.07, 6.45) is 1.94. The molecular weight excluding hydrogens is 352 g/mol. The zero-order chi connectivity index (χ0) is 18.9. The van der Waals surface area contributed by atoms with Gasteiger partial charge in [0.25, 0.3) is 5.91 Å². The Morgan fingerprint density at radius 1 is 1.19 bits per heavy atom. The minimum atomic E-state index is -0.0802. The van der Waals surface area contributed by atoms with Crippen LogP contribution in [0.15, 0.2) is 17.5 Å². The van der Waals surface area contributed by atoms with E-state index in [-0.39, 0.29) is 17.7 Å². The smallest absolute Gasteiger partial charge is 0.261 e. The lowest BCUT2D eigenvalue weighted by atomic mass is 10.2. The van der Waals surface area contributed by atoms with Gasteiger partial charge in [-0.25, -0.2) is 0 Å². The molecule has 1 aliphatic heterocycles. The molecule has 8 heteroatoms. The van der Waals surface area contributed by atoms with Crippen molar-refractivity contribution in [2.75, 3.05) is 53.4 Å². The molecule has 0 unspecified atom stereocenters. The molecule has 0 bridgehead atoms. The number of thiophene rings is 1. The Morgan fingerprint density at radius 2 is 2.00 bits per heavy atom. The second-order valence-electron chi connectivity index (χ2n) is 6.64. The van der Waals surface area contributed by atoms with Crippen molar-refractivity contribution < 1.29 is 14.4 Å². The van der Waals surface area contributed by atoms with E-state index in [4.69, 9.17) is 0 Å². The molecule has 0 atom stereocenters. The minimum absolute atomic E-state index is 0.0802. The standard InChI is InChI=1S/C18H28N4O3S/c1-20(2)17(24)14-21-9-5-10-22(12-11-21)16(23)7-3-8-19-18(25)15-6-4-13-26-15/h4,6,13H,3,5,7-12,14H2,1-2H3,(H,19,25). The zero-order valence-corrected chi connectivity index (χ0v) is 16.4. The van der Waals surface area contributed by atoms with Crippen LogP contribution in [0.25, 0.3) is 0 Å². The van der Waals surface area contributed by atoms with Crippen LogP contribution in [0.4, 0.5) is 0 Å². The van der Waals surface area contributed by atoms with Crippen molar-refractivity contribution >= 4 is 29.1 Å². The Labute approximate surface area is 158 Å². The highest BCUT2D eigenvalue weighted by Crippen LogP contribution is 2.08. The Bertz CT molecular complexity index is 604. The van der Waals surface area contributed by atoms with Crippen molar-refractivity contribution in [2.24, 2.45) is 0 Å². The molecule has 7 nitrogen and oxygen atoms in total. The lowest BCUT2D eigenvalue weighted by Crippen LogP contribution is -2.39. The summed E-state index contributed by atoms with van der Waals surface area (Å²) >= 11 is 1.41. The molecule has 2 heterocycles. The molecule has 1 aromatic heterocycles. The summed E-state index contributed by atoms with van der Waals surface area (Å²) in [5, 5.41) is 4.71. The summed E-state index contributed by atoms with van der Waals surface area (Å²) in [4.78, 5) is 42.3. The van der Waals surface area contributed by atoms with Gasteiger partial charge < -0.3 is 15.1 Å². The molecule has 1 aliphatic rings. The van der Waals surface area contributed by atoms with Crippen molar-refractivity contribution in [3.63, 3.8) is 0 Å². The average molecular weight is 381 g/mol. The maximum absolute atomic E-state index is 12.4. The molecule has 26 heavy (non-hydrogen) atoms. The summed E-state index contributed by atoms with van der Waals surface area (Å²) in [7, 11) is 3.51. The van der Waals surface area contributed by atoms with Gasteiger partial charge in [-0.05, 0) is 24.3 Å². The van der Waals surface area contributed by atoms with Crippen LogP contribution >= 0.6 is 11.3 Å². The summed E-state index contributed by atoms with van der Waals surface area (Å²) in [6.45, 7) is 3.85. The van der Waals surface area contributed by atoms with Crippen molar-refractivity contribution in [2.45, 2.75) is 19.3 Å². The first-order valence-corrected chi connectivity index (χ1v) is 9.87. The van der Waals surface area contributed by atoms with Crippen LogP contribution in [0.3, 0.4) is 0 Å². The van der Waals surface area contributed by atoms with E-state index < -0.39 is 0 Å². The van der Waals surface area contributed by atoms with Crippen LogP contribution in [-0.4, -0.2) is 85.8 Å². The predicted molar refractivity (Wildman–Crippen MR) is 102 cm³/mol. The molecule has 1 N–H and O–H groups in total. The van der Waals surface area contributed by atoms with Gasteiger partial charge in [-0.2, -0.15) is 0 Å². The van der Waals surface area contributed by atoms with E-state index in [2.05, 4.69) is 10.2 Å². The number of nitrogens with zero attached hydrogens (tertiary/aromatic N) is 3. The van der Waals surface area contributed by atoms with E-state index in [1.54, 1.807) is 25.1 Å². The largest absolute Gasteiger partial charge is 0.351 e. The first-order chi connectivity index (χ1) is 12.5. The van der Waals surface area contributed by atoms with Gasteiger partial charge in [0.2, 0.25) is 11.8 Å². The van der Waals surface area contributed by atoms with Crippen molar-refractivity contribution in [3.8, 4) is 0 Å². The first-order valence-electron chi connectivity index (χ1n) is 8.99. The molecular formula is C18H28N4O3S. The number of carbonyl (C=O) groups is 3. The van der Waals surface area contributed by atoms with Gasteiger partial charge in [0.05, 0.1) is 11.4 Å². The number of rotatable bonds is 7. The quantitative estimate of drug-likeness (QED) is 0.713. The highest BCUT2D eigenvalue weighted by Gasteiger charge is 2.20. The zero-order valence-electron chi connectivity index (χ0n) is 15.6. The van der Waals surface area contributed by atoms with E-state index in [0.717, 1.165) is 26.1 Å². The molecule has 0 aromatic carbocycles. The highest BCUT2D eigenvalue weighted by molar-refractivity contribution is 7.12. The van der Waals surface area contributed by atoms with E-state index in [1.165, 1.54) is 11.3 Å². The van der Waals surface area contributed by atoms with E-state index in [9.17, 15) is 14.4 Å². The SMILES string of the molecule is CN(C)C(=O)CN1CCCN(C(=O)CCCNC(=O)c2cccs2)CC1. The number of amides is 3. The summed E-state index contributed by atoms with van der Waals surface area (Å²) < 4.78 is 0.